The van der Waals surface area contributed by atoms with Crippen LogP contribution >= 0.6 is 24.0 Å². The Hall–Kier alpha value is -0.900. The maximum absolute atomic E-state index is 5.72. The summed E-state index contributed by atoms with van der Waals surface area (Å²) in [5.41, 5.74) is 1.32. The molecule has 2 unspecified atom stereocenters. The molecule has 0 amide bonds. The van der Waals surface area contributed by atoms with E-state index in [0.717, 1.165) is 64.1 Å². The Bertz CT molecular complexity index is 719. The molecule has 0 bridgehead atoms. The van der Waals surface area contributed by atoms with Crippen LogP contribution in [-0.4, -0.2) is 80.3 Å². The van der Waals surface area contributed by atoms with E-state index in [-0.39, 0.29) is 29.5 Å². The average Bonchev–Trinajstić information content (AvgIpc) is 3.51. The monoisotopic (exact) mass is 569 g/mol. The van der Waals surface area contributed by atoms with Gasteiger partial charge in [0, 0.05) is 51.0 Å². The zero-order valence-electron chi connectivity index (χ0n) is 20.6. The highest BCUT2D eigenvalue weighted by molar-refractivity contribution is 14.0. The van der Waals surface area contributed by atoms with E-state index in [0.29, 0.717) is 6.04 Å². The van der Waals surface area contributed by atoms with Crippen LogP contribution in [0.3, 0.4) is 0 Å². The number of guanidine groups is 1. The lowest BCUT2D eigenvalue weighted by Gasteiger charge is -2.40. The Morgan fingerprint density at radius 1 is 1.15 bits per heavy atom. The van der Waals surface area contributed by atoms with E-state index in [1.54, 1.807) is 0 Å². The number of aliphatic imine (C=N–C) groups is 1. The van der Waals surface area contributed by atoms with Gasteiger partial charge in [-0.2, -0.15) is 0 Å². The third-order valence-corrected chi connectivity index (χ3v) is 7.44. The molecule has 186 valence electrons. The van der Waals surface area contributed by atoms with Crippen molar-refractivity contribution in [3.8, 4) is 0 Å². The van der Waals surface area contributed by atoms with Crippen molar-refractivity contribution in [3.05, 3.63) is 35.9 Å². The number of hydrogen-bond donors (Lipinski definition) is 2. The number of ether oxygens (including phenoxy) is 1. The molecule has 2 N–H and O–H groups in total. The minimum atomic E-state index is -0.0111. The van der Waals surface area contributed by atoms with E-state index in [1.807, 2.05) is 0 Å². The first-order valence-electron chi connectivity index (χ1n) is 12.8. The Balaban J connectivity index is 0.00000306. The molecule has 0 aromatic heterocycles. The van der Waals surface area contributed by atoms with Crippen molar-refractivity contribution in [2.75, 3.05) is 59.0 Å². The fourth-order valence-electron chi connectivity index (χ4n) is 5.55. The Morgan fingerprint density at radius 3 is 2.58 bits per heavy atom. The molecular formula is C26H44IN5O. The molecule has 2 atom stereocenters. The summed E-state index contributed by atoms with van der Waals surface area (Å²) >= 11 is 0. The molecular weight excluding hydrogens is 525 g/mol. The lowest BCUT2D eigenvalue weighted by molar-refractivity contribution is 0.0373. The van der Waals surface area contributed by atoms with Crippen LogP contribution in [0.4, 0.5) is 0 Å². The predicted octanol–water partition coefficient (Wildman–Crippen LogP) is 3.89. The van der Waals surface area contributed by atoms with Crippen molar-refractivity contribution in [2.24, 2.45) is 10.9 Å². The summed E-state index contributed by atoms with van der Waals surface area (Å²) in [7, 11) is 0. The van der Waals surface area contributed by atoms with Crippen LogP contribution in [0.15, 0.2) is 35.3 Å². The summed E-state index contributed by atoms with van der Waals surface area (Å²) < 4.78 is 5.72. The van der Waals surface area contributed by atoms with Gasteiger partial charge < -0.3 is 25.2 Å². The van der Waals surface area contributed by atoms with Gasteiger partial charge in [-0.1, -0.05) is 30.3 Å². The Labute approximate surface area is 217 Å². The summed E-state index contributed by atoms with van der Waals surface area (Å²) in [6.45, 7) is 13.9. The van der Waals surface area contributed by atoms with Gasteiger partial charge in [0.1, 0.15) is 0 Å². The van der Waals surface area contributed by atoms with Crippen LogP contribution < -0.4 is 10.6 Å². The molecule has 0 aliphatic carbocycles. The Morgan fingerprint density at radius 2 is 1.88 bits per heavy atom. The number of nitrogens with zero attached hydrogens (tertiary/aromatic N) is 3. The first-order chi connectivity index (χ1) is 15.7. The number of hydrogen-bond acceptors (Lipinski definition) is 4. The normalized spacial score (nSPS) is 24.5. The second-order valence-electron chi connectivity index (χ2n) is 9.95. The van der Waals surface area contributed by atoms with Crippen molar-refractivity contribution in [2.45, 2.75) is 57.5 Å². The highest BCUT2D eigenvalue weighted by Crippen LogP contribution is 2.26. The summed E-state index contributed by atoms with van der Waals surface area (Å²) in [5.74, 6) is 1.86. The van der Waals surface area contributed by atoms with Gasteiger partial charge in [-0.15, -0.1) is 24.0 Å². The first-order valence-corrected chi connectivity index (χ1v) is 12.8. The highest BCUT2D eigenvalue weighted by atomic mass is 127. The van der Waals surface area contributed by atoms with Crippen molar-refractivity contribution >= 4 is 29.9 Å². The fourth-order valence-corrected chi connectivity index (χ4v) is 5.55. The maximum Gasteiger partial charge on any atom is 0.193 e. The summed E-state index contributed by atoms with van der Waals surface area (Å²) in [6, 6.07) is 11.0. The van der Waals surface area contributed by atoms with E-state index in [1.165, 1.54) is 44.5 Å². The minimum Gasteiger partial charge on any atom is -0.381 e. The van der Waals surface area contributed by atoms with Gasteiger partial charge in [-0.25, -0.2) is 0 Å². The SMILES string of the molecule is CCNC(=NCC1(NC(C)c2ccccc2)CCOCC1)N1CCC(CN2CCCC2)C1.I. The maximum atomic E-state index is 5.72. The van der Waals surface area contributed by atoms with Crippen LogP contribution in [0, 0.1) is 5.92 Å². The van der Waals surface area contributed by atoms with Gasteiger partial charge in [-0.05, 0) is 70.5 Å². The van der Waals surface area contributed by atoms with E-state index in [4.69, 9.17) is 9.73 Å². The molecule has 3 fully saturated rings. The first kappa shape index (κ1) is 26.7. The van der Waals surface area contributed by atoms with E-state index in [9.17, 15) is 0 Å². The van der Waals surface area contributed by atoms with Gasteiger partial charge in [0.05, 0.1) is 6.54 Å². The van der Waals surface area contributed by atoms with Crippen molar-refractivity contribution in [1.29, 1.82) is 0 Å². The lowest BCUT2D eigenvalue weighted by atomic mass is 9.88. The fraction of sp³-hybridized carbons (Fsp3) is 0.731. The van der Waals surface area contributed by atoms with Crippen LogP contribution in [0.1, 0.15) is 57.6 Å². The van der Waals surface area contributed by atoms with E-state index in [2.05, 4.69) is 64.6 Å². The van der Waals surface area contributed by atoms with Crippen molar-refractivity contribution in [1.82, 2.24) is 20.4 Å². The largest absolute Gasteiger partial charge is 0.381 e. The smallest absolute Gasteiger partial charge is 0.193 e. The van der Waals surface area contributed by atoms with Gasteiger partial charge in [0.25, 0.3) is 0 Å². The second kappa shape index (κ2) is 13.3. The van der Waals surface area contributed by atoms with Gasteiger partial charge in [-0.3, -0.25) is 4.99 Å². The van der Waals surface area contributed by atoms with Gasteiger partial charge >= 0.3 is 0 Å². The number of halogens is 1. The van der Waals surface area contributed by atoms with Crippen molar-refractivity contribution in [3.63, 3.8) is 0 Å². The molecule has 0 radical (unpaired) electrons. The summed E-state index contributed by atoms with van der Waals surface area (Å²) in [5, 5.41) is 7.54. The third kappa shape index (κ3) is 7.54. The highest BCUT2D eigenvalue weighted by Gasteiger charge is 2.35. The molecule has 0 spiro atoms. The number of benzene rings is 1. The molecule has 3 saturated heterocycles. The Kier molecular flexibility index (Phi) is 10.7. The lowest BCUT2D eigenvalue weighted by Crippen LogP contribution is -2.53. The molecule has 7 heteroatoms. The summed E-state index contributed by atoms with van der Waals surface area (Å²) in [6.07, 6.45) is 6.04. The average molecular weight is 570 g/mol. The second-order valence-corrected chi connectivity index (χ2v) is 9.95. The number of nitrogens with one attached hydrogen (secondary N) is 2. The quantitative estimate of drug-likeness (QED) is 0.283. The van der Waals surface area contributed by atoms with E-state index < -0.39 is 0 Å². The summed E-state index contributed by atoms with van der Waals surface area (Å²) in [4.78, 5) is 10.4. The standard InChI is InChI=1S/C26H43N5O.HI/c1-3-27-25(31-16-11-23(20-31)19-30-14-7-8-15-30)28-21-26(12-17-32-18-13-26)29-22(2)24-9-5-4-6-10-24;/h4-6,9-10,22-23,29H,3,7-8,11-21H2,1-2H3,(H,27,28);1H. The zero-order chi connectivity index (χ0) is 22.2. The molecule has 3 aliphatic heterocycles. The van der Waals surface area contributed by atoms with Crippen LogP contribution in [0.5, 0.6) is 0 Å². The predicted molar refractivity (Wildman–Crippen MR) is 148 cm³/mol. The molecule has 1 aromatic rings. The van der Waals surface area contributed by atoms with Crippen LogP contribution in [0.2, 0.25) is 0 Å². The molecule has 0 saturated carbocycles. The minimum absolute atomic E-state index is 0. The molecule has 4 rings (SSSR count). The number of likely N-dealkylation sites (tertiary alicyclic amines) is 2. The molecule has 3 aliphatic rings. The van der Waals surface area contributed by atoms with Gasteiger partial charge in [0.2, 0.25) is 0 Å². The zero-order valence-corrected chi connectivity index (χ0v) is 22.9. The topological polar surface area (TPSA) is 52.1 Å². The third-order valence-electron chi connectivity index (χ3n) is 7.44. The molecule has 1 aromatic carbocycles. The van der Waals surface area contributed by atoms with Gasteiger partial charge in [0.15, 0.2) is 5.96 Å². The molecule has 6 nitrogen and oxygen atoms in total. The van der Waals surface area contributed by atoms with Crippen molar-refractivity contribution < 1.29 is 4.74 Å². The van der Waals surface area contributed by atoms with Crippen LogP contribution in [-0.2, 0) is 4.74 Å². The molecule has 3 heterocycles. The van der Waals surface area contributed by atoms with E-state index >= 15 is 0 Å². The molecule has 33 heavy (non-hydrogen) atoms. The number of rotatable bonds is 8. The van der Waals surface area contributed by atoms with Crippen LogP contribution in [0.25, 0.3) is 0 Å².